The van der Waals surface area contributed by atoms with Gasteiger partial charge in [-0.15, -0.1) is 0 Å². The molecule has 0 radical (unpaired) electrons. The van der Waals surface area contributed by atoms with Gasteiger partial charge in [-0.05, 0) is 37.0 Å². The van der Waals surface area contributed by atoms with Crippen LogP contribution in [0.4, 0.5) is 0 Å². The number of halogens is 1. The highest BCUT2D eigenvalue weighted by Crippen LogP contribution is 2.39. The summed E-state index contributed by atoms with van der Waals surface area (Å²) in [6.45, 7) is 0.879. The summed E-state index contributed by atoms with van der Waals surface area (Å²) in [7, 11) is 0. The first-order chi connectivity index (χ1) is 8.74. The Morgan fingerprint density at radius 2 is 1.78 bits per heavy atom. The number of hydrogen-bond acceptors (Lipinski definition) is 1. The molecule has 0 saturated heterocycles. The maximum absolute atomic E-state index is 12.0. The third kappa shape index (κ3) is 3.97. The summed E-state index contributed by atoms with van der Waals surface area (Å²) in [5, 5.41) is 4.23. The Labute approximate surface area is 119 Å². The zero-order valence-electron chi connectivity index (χ0n) is 11.3. The van der Waals surface area contributed by atoms with Crippen molar-refractivity contribution in [1.82, 2.24) is 5.32 Å². The third-order valence-corrected chi connectivity index (χ3v) is 6.00. The van der Waals surface area contributed by atoms with Crippen molar-refractivity contribution in [3.63, 3.8) is 0 Å². The van der Waals surface area contributed by atoms with Crippen LogP contribution in [0.3, 0.4) is 0 Å². The van der Waals surface area contributed by atoms with E-state index in [9.17, 15) is 4.79 Å². The molecule has 2 aliphatic rings. The van der Waals surface area contributed by atoms with Crippen molar-refractivity contribution >= 4 is 21.8 Å². The molecule has 0 aromatic rings. The van der Waals surface area contributed by atoms with E-state index in [1.165, 1.54) is 57.8 Å². The average molecular weight is 316 g/mol. The van der Waals surface area contributed by atoms with E-state index in [1.807, 2.05) is 0 Å². The molecule has 0 heterocycles. The lowest BCUT2D eigenvalue weighted by atomic mass is 9.86. The van der Waals surface area contributed by atoms with Gasteiger partial charge in [-0.3, -0.25) is 4.79 Å². The maximum atomic E-state index is 12.0. The van der Waals surface area contributed by atoms with Gasteiger partial charge in [0.05, 0.1) is 0 Å². The molecule has 0 unspecified atom stereocenters. The summed E-state index contributed by atoms with van der Waals surface area (Å²) >= 11 is 3.63. The Hall–Kier alpha value is -0.0500. The fourth-order valence-corrected chi connectivity index (χ4v) is 4.25. The lowest BCUT2D eigenvalue weighted by Crippen LogP contribution is -2.37. The number of hydrogen-bond donors (Lipinski definition) is 1. The zero-order valence-corrected chi connectivity index (χ0v) is 12.9. The van der Waals surface area contributed by atoms with Crippen molar-refractivity contribution in [2.45, 2.75) is 64.2 Å². The summed E-state index contributed by atoms with van der Waals surface area (Å²) in [5.74, 6) is 0.941. The van der Waals surface area contributed by atoms with E-state index >= 15 is 0 Å². The topological polar surface area (TPSA) is 29.1 Å². The van der Waals surface area contributed by atoms with Gasteiger partial charge in [0.2, 0.25) is 5.91 Å². The standard InChI is InChI=1S/C15H26BrNO/c16-11-15(8-4-5-9-15)12-17-14(18)10-13-6-2-1-3-7-13/h13H,1-12H2,(H,17,18). The van der Waals surface area contributed by atoms with Gasteiger partial charge in [0.25, 0.3) is 0 Å². The quantitative estimate of drug-likeness (QED) is 0.762. The molecule has 104 valence electrons. The molecule has 18 heavy (non-hydrogen) atoms. The lowest BCUT2D eigenvalue weighted by molar-refractivity contribution is -0.122. The van der Waals surface area contributed by atoms with Gasteiger partial charge < -0.3 is 5.32 Å². The Morgan fingerprint density at radius 1 is 1.11 bits per heavy atom. The number of amides is 1. The van der Waals surface area contributed by atoms with E-state index in [1.54, 1.807) is 0 Å². The predicted octanol–water partition coefficient (Wildman–Crippen LogP) is 4.03. The van der Waals surface area contributed by atoms with Gasteiger partial charge in [-0.2, -0.15) is 0 Å². The van der Waals surface area contributed by atoms with Crippen LogP contribution in [-0.4, -0.2) is 17.8 Å². The molecule has 2 rings (SSSR count). The predicted molar refractivity (Wildman–Crippen MR) is 78.9 cm³/mol. The molecular formula is C15H26BrNO. The van der Waals surface area contributed by atoms with Crippen LogP contribution in [0.5, 0.6) is 0 Å². The van der Waals surface area contributed by atoms with Crippen LogP contribution in [0, 0.1) is 11.3 Å². The van der Waals surface area contributed by atoms with Crippen molar-refractivity contribution in [2.24, 2.45) is 11.3 Å². The second kappa shape index (κ2) is 6.93. The molecule has 0 aliphatic heterocycles. The summed E-state index contributed by atoms with van der Waals surface area (Å²) in [4.78, 5) is 12.0. The van der Waals surface area contributed by atoms with Crippen molar-refractivity contribution in [2.75, 3.05) is 11.9 Å². The fraction of sp³-hybridized carbons (Fsp3) is 0.933. The minimum absolute atomic E-state index is 0.286. The molecule has 2 aliphatic carbocycles. The summed E-state index contributed by atoms with van der Waals surface area (Å²) < 4.78 is 0. The molecule has 0 aromatic carbocycles. The van der Waals surface area contributed by atoms with E-state index in [2.05, 4.69) is 21.2 Å². The highest BCUT2D eigenvalue weighted by molar-refractivity contribution is 9.09. The highest BCUT2D eigenvalue weighted by Gasteiger charge is 2.33. The van der Waals surface area contributed by atoms with Gasteiger partial charge in [0, 0.05) is 18.3 Å². The Kier molecular flexibility index (Phi) is 5.53. The van der Waals surface area contributed by atoms with E-state index in [-0.39, 0.29) is 5.91 Å². The molecule has 2 fully saturated rings. The van der Waals surface area contributed by atoms with Crippen molar-refractivity contribution < 1.29 is 4.79 Å². The second-order valence-electron chi connectivity index (χ2n) is 6.33. The SMILES string of the molecule is O=C(CC1CCCCC1)NCC1(CBr)CCCC1. The Balaban J connectivity index is 1.70. The molecule has 2 saturated carbocycles. The first kappa shape index (κ1) is 14.4. The smallest absolute Gasteiger partial charge is 0.220 e. The van der Waals surface area contributed by atoms with Crippen LogP contribution in [-0.2, 0) is 4.79 Å². The monoisotopic (exact) mass is 315 g/mol. The molecule has 0 spiro atoms. The first-order valence-electron chi connectivity index (χ1n) is 7.57. The summed E-state index contributed by atoms with van der Waals surface area (Å²) in [5.41, 5.74) is 0.349. The van der Waals surface area contributed by atoms with Crippen LogP contribution in [0.2, 0.25) is 0 Å². The number of nitrogens with one attached hydrogen (secondary N) is 1. The van der Waals surface area contributed by atoms with Gasteiger partial charge >= 0.3 is 0 Å². The van der Waals surface area contributed by atoms with Crippen molar-refractivity contribution in [1.29, 1.82) is 0 Å². The Bertz CT molecular complexity index is 268. The van der Waals surface area contributed by atoms with E-state index in [0.29, 0.717) is 11.3 Å². The number of rotatable bonds is 5. The third-order valence-electron chi connectivity index (χ3n) is 4.81. The van der Waals surface area contributed by atoms with Crippen molar-refractivity contribution in [3.8, 4) is 0 Å². The van der Waals surface area contributed by atoms with Gasteiger partial charge in [0.15, 0.2) is 0 Å². The molecule has 2 nitrogen and oxygen atoms in total. The van der Waals surface area contributed by atoms with E-state index in [0.717, 1.165) is 18.3 Å². The first-order valence-corrected chi connectivity index (χ1v) is 8.69. The number of carbonyl (C=O) groups is 1. The number of alkyl halides is 1. The number of carbonyl (C=O) groups excluding carboxylic acids is 1. The summed E-state index contributed by atoms with van der Waals surface area (Å²) in [6.07, 6.45) is 12.5. The summed E-state index contributed by atoms with van der Waals surface area (Å²) in [6, 6.07) is 0. The van der Waals surface area contributed by atoms with Gasteiger partial charge in [0.1, 0.15) is 0 Å². The molecule has 3 heteroatoms. The van der Waals surface area contributed by atoms with E-state index in [4.69, 9.17) is 0 Å². The maximum Gasteiger partial charge on any atom is 0.220 e. The average Bonchev–Trinajstić information content (AvgIpc) is 2.87. The molecule has 0 bridgehead atoms. The molecule has 1 N–H and O–H groups in total. The fourth-order valence-electron chi connectivity index (χ4n) is 3.49. The highest BCUT2D eigenvalue weighted by atomic mass is 79.9. The molecule has 1 amide bonds. The molecular weight excluding hydrogens is 290 g/mol. The van der Waals surface area contributed by atoms with Crippen molar-refractivity contribution in [3.05, 3.63) is 0 Å². The molecule has 0 atom stereocenters. The second-order valence-corrected chi connectivity index (χ2v) is 6.89. The minimum atomic E-state index is 0.286. The largest absolute Gasteiger partial charge is 0.356 e. The van der Waals surface area contributed by atoms with Crippen LogP contribution in [0.1, 0.15) is 64.2 Å². The van der Waals surface area contributed by atoms with Gasteiger partial charge in [-0.25, -0.2) is 0 Å². The normalized spacial score (nSPS) is 24.1. The molecule has 0 aromatic heterocycles. The zero-order chi connectivity index (χ0) is 12.8. The lowest BCUT2D eigenvalue weighted by Gasteiger charge is -2.27. The minimum Gasteiger partial charge on any atom is -0.356 e. The van der Waals surface area contributed by atoms with E-state index < -0.39 is 0 Å². The van der Waals surface area contributed by atoms with Crippen LogP contribution in [0.15, 0.2) is 0 Å². The Morgan fingerprint density at radius 3 is 2.39 bits per heavy atom. The van der Waals surface area contributed by atoms with Crippen LogP contribution in [0.25, 0.3) is 0 Å². The van der Waals surface area contributed by atoms with Crippen LogP contribution < -0.4 is 5.32 Å². The van der Waals surface area contributed by atoms with Crippen LogP contribution >= 0.6 is 15.9 Å². The van der Waals surface area contributed by atoms with Gasteiger partial charge in [-0.1, -0.05) is 48.0 Å².